The van der Waals surface area contributed by atoms with Crippen LogP contribution in [0.4, 0.5) is 0 Å². The van der Waals surface area contributed by atoms with Crippen molar-refractivity contribution in [2.24, 2.45) is 0 Å². The van der Waals surface area contributed by atoms with Crippen LogP contribution >= 0.6 is 0 Å². The maximum atomic E-state index is 12.9. The molecule has 7 nitrogen and oxygen atoms in total. The average molecular weight is 367 g/mol. The highest BCUT2D eigenvalue weighted by molar-refractivity contribution is 7.89. The summed E-state index contributed by atoms with van der Waals surface area (Å²) >= 11 is 0. The molecule has 1 amide bonds. The quantitative estimate of drug-likeness (QED) is 0.856. The summed E-state index contributed by atoms with van der Waals surface area (Å²) in [4.78, 5) is 14.7. The van der Waals surface area contributed by atoms with Crippen molar-refractivity contribution in [1.29, 1.82) is 0 Å². The second-order valence-electron chi connectivity index (χ2n) is 6.53. The summed E-state index contributed by atoms with van der Waals surface area (Å²) in [5.74, 6) is 0.131. The molecule has 1 N–H and O–H groups in total. The molecule has 0 aromatic heterocycles. The molecule has 8 heteroatoms. The molecule has 1 aromatic rings. The third-order valence-electron chi connectivity index (χ3n) is 4.86. The molecule has 2 heterocycles. The zero-order chi connectivity index (χ0) is 18.0. The number of hydrogen-bond acceptors (Lipinski definition) is 5. The molecular weight excluding hydrogens is 342 g/mol. The van der Waals surface area contributed by atoms with E-state index < -0.39 is 10.0 Å². The molecule has 0 radical (unpaired) electrons. The highest BCUT2D eigenvalue weighted by Gasteiger charge is 2.32. The summed E-state index contributed by atoms with van der Waals surface area (Å²) in [5.41, 5.74) is 0.382. The molecule has 3 rings (SSSR count). The van der Waals surface area contributed by atoms with Crippen LogP contribution in [-0.2, 0) is 10.0 Å². The van der Waals surface area contributed by atoms with Gasteiger partial charge in [0.25, 0.3) is 5.91 Å². The van der Waals surface area contributed by atoms with E-state index in [0.29, 0.717) is 25.2 Å². The van der Waals surface area contributed by atoms with Gasteiger partial charge in [0.15, 0.2) is 0 Å². The monoisotopic (exact) mass is 367 g/mol. The number of hydrogen-bond donors (Lipinski definition) is 1. The first-order valence-corrected chi connectivity index (χ1v) is 10.1. The van der Waals surface area contributed by atoms with Gasteiger partial charge in [-0.2, -0.15) is 4.31 Å². The van der Waals surface area contributed by atoms with Gasteiger partial charge in [-0.05, 0) is 38.0 Å². The van der Waals surface area contributed by atoms with E-state index in [1.807, 2.05) is 6.92 Å². The summed E-state index contributed by atoms with van der Waals surface area (Å²) < 4.78 is 32.6. The smallest absolute Gasteiger partial charge is 0.254 e. The first-order chi connectivity index (χ1) is 11.9. The zero-order valence-corrected chi connectivity index (χ0v) is 15.5. The van der Waals surface area contributed by atoms with Crippen molar-refractivity contribution in [3.05, 3.63) is 23.8 Å². The minimum Gasteiger partial charge on any atom is -0.495 e. The van der Waals surface area contributed by atoms with Crippen LogP contribution in [0.15, 0.2) is 23.1 Å². The molecule has 1 aromatic carbocycles. The summed E-state index contributed by atoms with van der Waals surface area (Å²) in [5, 5.41) is 3.25. The van der Waals surface area contributed by atoms with E-state index in [4.69, 9.17) is 4.74 Å². The summed E-state index contributed by atoms with van der Waals surface area (Å²) in [6, 6.07) is 4.74. The Hall–Kier alpha value is -1.64. The Bertz CT molecular complexity index is 744. The van der Waals surface area contributed by atoms with Crippen LogP contribution in [0.25, 0.3) is 0 Å². The lowest BCUT2D eigenvalue weighted by Gasteiger charge is -2.34. The van der Waals surface area contributed by atoms with Gasteiger partial charge in [-0.3, -0.25) is 4.79 Å². The predicted molar refractivity (Wildman–Crippen MR) is 94.4 cm³/mol. The molecule has 1 atom stereocenters. The fourth-order valence-electron chi connectivity index (χ4n) is 3.39. The number of ether oxygens (including phenoxy) is 1. The molecule has 2 aliphatic rings. The van der Waals surface area contributed by atoms with Crippen LogP contribution in [-0.4, -0.2) is 69.4 Å². The molecule has 0 bridgehead atoms. The normalized spacial score (nSPS) is 22.2. The molecule has 0 aliphatic carbocycles. The standard InChI is InChI=1S/C17H25N3O4S/c1-13-12-18-7-10-20(13)17(21)14-5-6-15(24-2)16(11-14)25(22,23)19-8-3-4-9-19/h5-6,11,13,18H,3-4,7-10,12H2,1-2H3/t13-/m0/s1. The predicted octanol–water partition coefficient (Wildman–Crippen LogP) is 0.914. The third kappa shape index (κ3) is 3.51. The van der Waals surface area contributed by atoms with Crippen molar-refractivity contribution in [2.45, 2.75) is 30.7 Å². The van der Waals surface area contributed by atoms with Crippen molar-refractivity contribution in [1.82, 2.24) is 14.5 Å². The molecule has 2 fully saturated rings. The summed E-state index contributed by atoms with van der Waals surface area (Å²) in [6.45, 7) is 5.10. The Balaban J connectivity index is 1.96. The van der Waals surface area contributed by atoms with E-state index in [2.05, 4.69) is 5.32 Å². The van der Waals surface area contributed by atoms with Gasteiger partial charge in [0.1, 0.15) is 10.6 Å². The van der Waals surface area contributed by atoms with Crippen molar-refractivity contribution < 1.29 is 17.9 Å². The third-order valence-corrected chi connectivity index (χ3v) is 6.78. The van der Waals surface area contributed by atoms with E-state index in [-0.39, 0.29) is 22.6 Å². The maximum Gasteiger partial charge on any atom is 0.254 e. The molecule has 2 aliphatic heterocycles. The molecule has 2 saturated heterocycles. The van der Waals surface area contributed by atoms with Gasteiger partial charge in [-0.1, -0.05) is 0 Å². The highest BCUT2D eigenvalue weighted by Crippen LogP contribution is 2.30. The largest absolute Gasteiger partial charge is 0.495 e. The number of nitrogens with zero attached hydrogens (tertiary/aromatic N) is 2. The number of rotatable bonds is 4. The number of methoxy groups -OCH3 is 1. The number of carbonyl (C=O) groups is 1. The zero-order valence-electron chi connectivity index (χ0n) is 14.7. The van der Waals surface area contributed by atoms with Crippen molar-refractivity contribution >= 4 is 15.9 Å². The van der Waals surface area contributed by atoms with Crippen molar-refractivity contribution in [3.8, 4) is 5.75 Å². The van der Waals surface area contributed by atoms with Crippen LogP contribution in [0.3, 0.4) is 0 Å². The van der Waals surface area contributed by atoms with Crippen LogP contribution in [0.2, 0.25) is 0 Å². The number of piperazine rings is 1. The van der Waals surface area contributed by atoms with Gasteiger partial charge in [0, 0.05) is 44.3 Å². The molecule has 25 heavy (non-hydrogen) atoms. The number of sulfonamides is 1. The minimum absolute atomic E-state index is 0.0713. The lowest BCUT2D eigenvalue weighted by atomic mass is 10.1. The first-order valence-electron chi connectivity index (χ1n) is 8.65. The van der Waals surface area contributed by atoms with E-state index >= 15 is 0 Å². The molecule has 0 saturated carbocycles. The SMILES string of the molecule is COc1ccc(C(=O)N2CCNC[C@@H]2C)cc1S(=O)(=O)N1CCCC1. The Morgan fingerprint density at radius 3 is 2.60 bits per heavy atom. The van der Waals surface area contributed by atoms with Crippen LogP contribution in [0.1, 0.15) is 30.1 Å². The summed E-state index contributed by atoms with van der Waals surface area (Å²) in [7, 11) is -2.21. The number of amides is 1. The van der Waals surface area contributed by atoms with Crippen molar-refractivity contribution in [3.63, 3.8) is 0 Å². The lowest BCUT2D eigenvalue weighted by Crippen LogP contribution is -2.52. The Morgan fingerprint density at radius 1 is 1.24 bits per heavy atom. The summed E-state index contributed by atoms with van der Waals surface area (Å²) in [6.07, 6.45) is 1.72. The fourth-order valence-corrected chi connectivity index (χ4v) is 5.09. The molecule has 0 unspecified atom stereocenters. The molecule has 0 spiro atoms. The first kappa shape index (κ1) is 18.2. The Labute approximate surface area is 149 Å². The molecular formula is C17H25N3O4S. The van der Waals surface area contributed by atoms with Gasteiger partial charge < -0.3 is 15.0 Å². The minimum atomic E-state index is -3.66. The van der Waals surface area contributed by atoms with Crippen LogP contribution < -0.4 is 10.1 Å². The van der Waals surface area contributed by atoms with Crippen LogP contribution in [0.5, 0.6) is 5.75 Å². The fraction of sp³-hybridized carbons (Fsp3) is 0.588. The number of benzene rings is 1. The van der Waals surface area contributed by atoms with Gasteiger partial charge in [-0.25, -0.2) is 8.42 Å². The molecule has 138 valence electrons. The highest BCUT2D eigenvalue weighted by atomic mass is 32.2. The maximum absolute atomic E-state index is 12.9. The number of carbonyl (C=O) groups excluding carboxylic acids is 1. The van der Waals surface area contributed by atoms with E-state index in [1.54, 1.807) is 17.0 Å². The topological polar surface area (TPSA) is 79.0 Å². The van der Waals surface area contributed by atoms with Gasteiger partial charge in [0.2, 0.25) is 10.0 Å². The van der Waals surface area contributed by atoms with Gasteiger partial charge >= 0.3 is 0 Å². The second-order valence-corrected chi connectivity index (χ2v) is 8.43. The van der Waals surface area contributed by atoms with E-state index in [1.165, 1.54) is 17.5 Å². The average Bonchev–Trinajstić information content (AvgIpc) is 3.16. The lowest BCUT2D eigenvalue weighted by molar-refractivity contribution is 0.0655. The van der Waals surface area contributed by atoms with Gasteiger partial charge in [-0.15, -0.1) is 0 Å². The van der Waals surface area contributed by atoms with Gasteiger partial charge in [0.05, 0.1) is 7.11 Å². The Kier molecular flexibility index (Phi) is 5.31. The second kappa shape index (κ2) is 7.31. The van der Waals surface area contributed by atoms with E-state index in [9.17, 15) is 13.2 Å². The Morgan fingerprint density at radius 2 is 1.96 bits per heavy atom. The van der Waals surface area contributed by atoms with Crippen molar-refractivity contribution in [2.75, 3.05) is 39.8 Å². The van der Waals surface area contributed by atoms with E-state index in [0.717, 1.165) is 25.9 Å². The number of nitrogens with one attached hydrogen (secondary N) is 1. The van der Waals surface area contributed by atoms with Crippen LogP contribution in [0, 0.1) is 0 Å².